The number of aryl methyl sites for hydroxylation is 1. The molecule has 0 saturated carbocycles. The van der Waals surface area contributed by atoms with Gasteiger partial charge in [0.25, 0.3) is 0 Å². The van der Waals surface area contributed by atoms with Crippen LogP contribution in [0.3, 0.4) is 0 Å². The van der Waals surface area contributed by atoms with Gasteiger partial charge in [0.2, 0.25) is 0 Å². The minimum atomic E-state index is -0.296. The molecule has 1 aliphatic rings. The fourth-order valence-corrected chi connectivity index (χ4v) is 2.24. The zero-order valence-electron chi connectivity index (χ0n) is 10.2. The van der Waals surface area contributed by atoms with Crippen LogP contribution in [0.5, 0.6) is 0 Å². The molecule has 0 amide bonds. The molecule has 1 saturated heterocycles. The van der Waals surface area contributed by atoms with Crippen molar-refractivity contribution < 1.29 is 5.11 Å². The molecule has 1 fully saturated rings. The van der Waals surface area contributed by atoms with E-state index in [2.05, 4.69) is 16.0 Å². The monoisotopic (exact) mass is 231 g/mol. The Hall–Kier alpha value is -1.60. The normalized spacial score (nSPS) is 21.3. The Morgan fingerprint density at radius 1 is 1.59 bits per heavy atom. The minimum absolute atomic E-state index is 0.281. The average molecular weight is 231 g/mol. The molecule has 0 radical (unpaired) electrons. The van der Waals surface area contributed by atoms with E-state index in [1.165, 1.54) is 0 Å². The van der Waals surface area contributed by atoms with Crippen molar-refractivity contribution >= 4 is 5.82 Å². The Balaban J connectivity index is 2.24. The zero-order valence-corrected chi connectivity index (χ0v) is 10.2. The van der Waals surface area contributed by atoms with Crippen molar-refractivity contribution in [1.82, 2.24) is 4.98 Å². The Kier molecular flexibility index (Phi) is 3.30. The summed E-state index contributed by atoms with van der Waals surface area (Å²) in [7, 11) is 0. The lowest BCUT2D eigenvalue weighted by Crippen LogP contribution is -2.25. The van der Waals surface area contributed by atoms with Crippen molar-refractivity contribution in [3.8, 4) is 6.07 Å². The smallest absolute Gasteiger partial charge is 0.146 e. The Morgan fingerprint density at radius 2 is 2.35 bits per heavy atom. The maximum atomic E-state index is 9.59. The van der Waals surface area contributed by atoms with Gasteiger partial charge in [-0.15, -0.1) is 0 Å². The zero-order chi connectivity index (χ0) is 12.4. The van der Waals surface area contributed by atoms with Crippen molar-refractivity contribution in [1.29, 1.82) is 5.26 Å². The number of pyridine rings is 1. The molecule has 2 unspecified atom stereocenters. The molecule has 2 atom stereocenters. The van der Waals surface area contributed by atoms with Crippen LogP contribution in [-0.2, 0) is 0 Å². The first-order valence-corrected chi connectivity index (χ1v) is 5.92. The van der Waals surface area contributed by atoms with Crippen LogP contribution in [0, 0.1) is 24.2 Å². The molecule has 1 N–H and O–H groups in total. The largest absolute Gasteiger partial charge is 0.393 e. The average Bonchev–Trinajstić information content (AvgIpc) is 2.78. The van der Waals surface area contributed by atoms with Crippen LogP contribution in [0.2, 0.25) is 0 Å². The lowest BCUT2D eigenvalue weighted by atomic mass is 10.0. The number of hydrogen-bond donors (Lipinski definition) is 1. The summed E-state index contributed by atoms with van der Waals surface area (Å²) in [6.45, 7) is 5.39. The second-order valence-corrected chi connectivity index (χ2v) is 4.67. The molecule has 1 aromatic rings. The van der Waals surface area contributed by atoms with Gasteiger partial charge in [-0.05, 0) is 32.4 Å². The van der Waals surface area contributed by atoms with Gasteiger partial charge in [0.15, 0.2) is 0 Å². The van der Waals surface area contributed by atoms with Gasteiger partial charge in [0.05, 0.1) is 11.7 Å². The molecule has 4 heteroatoms. The third kappa shape index (κ3) is 2.40. The van der Waals surface area contributed by atoms with Crippen molar-refractivity contribution in [3.63, 3.8) is 0 Å². The molecule has 2 rings (SSSR count). The standard InChI is InChI=1S/C13H17N3O/c1-9-3-4-11(7-14)13(15-9)16-6-5-12(8-16)10(2)17/h3-4,10,12,17H,5-6,8H2,1-2H3. The van der Waals surface area contributed by atoms with Crippen LogP contribution in [0.1, 0.15) is 24.6 Å². The van der Waals surface area contributed by atoms with Gasteiger partial charge in [-0.1, -0.05) is 0 Å². The molecular formula is C13H17N3O. The number of hydrogen-bond acceptors (Lipinski definition) is 4. The quantitative estimate of drug-likeness (QED) is 0.837. The fourth-order valence-electron chi connectivity index (χ4n) is 2.24. The second kappa shape index (κ2) is 4.72. The van der Waals surface area contributed by atoms with Gasteiger partial charge in [0, 0.05) is 24.7 Å². The molecule has 90 valence electrons. The number of aromatic nitrogens is 1. The molecule has 1 aromatic heterocycles. The number of anilines is 1. The number of aliphatic hydroxyl groups is 1. The predicted molar refractivity (Wildman–Crippen MR) is 65.7 cm³/mol. The number of nitriles is 1. The van der Waals surface area contributed by atoms with Gasteiger partial charge in [0.1, 0.15) is 11.9 Å². The Bertz CT molecular complexity index is 450. The van der Waals surface area contributed by atoms with Crippen LogP contribution >= 0.6 is 0 Å². The topological polar surface area (TPSA) is 60.2 Å². The summed E-state index contributed by atoms with van der Waals surface area (Å²) >= 11 is 0. The minimum Gasteiger partial charge on any atom is -0.393 e. The van der Waals surface area contributed by atoms with Crippen LogP contribution in [0.25, 0.3) is 0 Å². The summed E-state index contributed by atoms with van der Waals surface area (Å²) in [5.74, 6) is 1.04. The maximum Gasteiger partial charge on any atom is 0.146 e. The summed E-state index contributed by atoms with van der Waals surface area (Å²) in [5, 5.41) is 18.7. The fraction of sp³-hybridized carbons (Fsp3) is 0.538. The van der Waals surface area contributed by atoms with E-state index in [0.717, 1.165) is 31.0 Å². The van der Waals surface area contributed by atoms with E-state index in [9.17, 15) is 5.11 Å². The highest BCUT2D eigenvalue weighted by atomic mass is 16.3. The van der Waals surface area contributed by atoms with Gasteiger partial charge in [-0.3, -0.25) is 0 Å². The first kappa shape index (κ1) is 11.9. The summed E-state index contributed by atoms with van der Waals surface area (Å²) in [4.78, 5) is 6.54. The number of nitrogens with zero attached hydrogens (tertiary/aromatic N) is 3. The second-order valence-electron chi connectivity index (χ2n) is 4.67. The van der Waals surface area contributed by atoms with Gasteiger partial charge >= 0.3 is 0 Å². The first-order chi connectivity index (χ1) is 8.11. The third-order valence-corrected chi connectivity index (χ3v) is 3.34. The number of aliphatic hydroxyl groups excluding tert-OH is 1. The van der Waals surface area contributed by atoms with Crippen molar-refractivity contribution in [2.75, 3.05) is 18.0 Å². The van der Waals surface area contributed by atoms with Gasteiger partial charge in [-0.25, -0.2) is 4.98 Å². The molecule has 0 spiro atoms. The third-order valence-electron chi connectivity index (χ3n) is 3.34. The molecule has 4 nitrogen and oxygen atoms in total. The van der Waals surface area contributed by atoms with Crippen LogP contribution in [-0.4, -0.2) is 29.3 Å². The SMILES string of the molecule is Cc1ccc(C#N)c(N2CCC(C(C)O)C2)n1. The van der Waals surface area contributed by atoms with E-state index in [0.29, 0.717) is 5.56 Å². The predicted octanol–water partition coefficient (Wildman–Crippen LogP) is 1.47. The van der Waals surface area contributed by atoms with E-state index in [-0.39, 0.29) is 12.0 Å². The highest BCUT2D eigenvalue weighted by Crippen LogP contribution is 2.26. The van der Waals surface area contributed by atoms with E-state index < -0.39 is 0 Å². The van der Waals surface area contributed by atoms with Crippen molar-refractivity contribution in [2.24, 2.45) is 5.92 Å². The molecule has 0 aliphatic carbocycles. The molecule has 1 aliphatic heterocycles. The van der Waals surface area contributed by atoms with Crippen LogP contribution in [0.15, 0.2) is 12.1 Å². The summed E-state index contributed by atoms with van der Waals surface area (Å²) in [6.07, 6.45) is 0.661. The Morgan fingerprint density at radius 3 is 2.94 bits per heavy atom. The molecule has 0 bridgehead atoms. The first-order valence-electron chi connectivity index (χ1n) is 5.92. The lowest BCUT2D eigenvalue weighted by molar-refractivity contribution is 0.136. The number of rotatable bonds is 2. The molecule has 2 heterocycles. The molecular weight excluding hydrogens is 214 g/mol. The van der Waals surface area contributed by atoms with Crippen molar-refractivity contribution in [3.05, 3.63) is 23.4 Å². The summed E-state index contributed by atoms with van der Waals surface area (Å²) in [5.41, 5.74) is 1.53. The highest BCUT2D eigenvalue weighted by Gasteiger charge is 2.28. The van der Waals surface area contributed by atoms with Gasteiger partial charge in [-0.2, -0.15) is 5.26 Å². The van der Waals surface area contributed by atoms with Crippen LogP contribution in [0.4, 0.5) is 5.82 Å². The highest BCUT2D eigenvalue weighted by molar-refractivity contribution is 5.54. The molecule has 17 heavy (non-hydrogen) atoms. The van der Waals surface area contributed by atoms with E-state index in [1.807, 2.05) is 26.0 Å². The van der Waals surface area contributed by atoms with E-state index >= 15 is 0 Å². The molecule has 0 aromatic carbocycles. The maximum absolute atomic E-state index is 9.59. The summed E-state index contributed by atoms with van der Waals surface area (Å²) < 4.78 is 0. The summed E-state index contributed by atoms with van der Waals surface area (Å²) in [6, 6.07) is 5.84. The lowest BCUT2D eigenvalue weighted by Gasteiger charge is -2.20. The van der Waals surface area contributed by atoms with Crippen LogP contribution < -0.4 is 4.90 Å². The van der Waals surface area contributed by atoms with E-state index in [4.69, 9.17) is 5.26 Å². The Labute approximate surface area is 102 Å². The van der Waals surface area contributed by atoms with E-state index in [1.54, 1.807) is 0 Å². The van der Waals surface area contributed by atoms with Crippen molar-refractivity contribution in [2.45, 2.75) is 26.4 Å². The van der Waals surface area contributed by atoms with Gasteiger partial charge < -0.3 is 10.0 Å².